The lowest BCUT2D eigenvalue weighted by molar-refractivity contribution is 0.0248. The molecule has 0 N–H and O–H groups in total. The number of benzene rings is 1. The number of carbonyl (C=O) groups is 2. The molecular weight excluding hydrogens is 237 g/mol. The van der Waals surface area contributed by atoms with Crippen molar-refractivity contribution < 1.29 is 18.7 Å². The highest BCUT2D eigenvalue weighted by Gasteiger charge is 2.35. The van der Waals surface area contributed by atoms with Crippen LogP contribution >= 0.6 is 0 Å². The van der Waals surface area contributed by atoms with Gasteiger partial charge < -0.3 is 4.74 Å². The third kappa shape index (κ3) is 2.34. The number of rotatable bonds is 0. The van der Waals surface area contributed by atoms with E-state index in [1.54, 1.807) is 20.8 Å². The van der Waals surface area contributed by atoms with Gasteiger partial charge in [0.2, 0.25) is 0 Å². The minimum absolute atomic E-state index is 0.128. The van der Waals surface area contributed by atoms with Crippen molar-refractivity contribution in [2.45, 2.75) is 32.9 Å². The monoisotopic (exact) mass is 251 g/mol. The fourth-order valence-corrected chi connectivity index (χ4v) is 1.74. The quantitative estimate of drug-likeness (QED) is 0.712. The summed E-state index contributed by atoms with van der Waals surface area (Å²) in [6, 6.07) is 3.92. The summed E-state index contributed by atoms with van der Waals surface area (Å²) in [7, 11) is 0. The minimum Gasteiger partial charge on any atom is -0.443 e. The second kappa shape index (κ2) is 4.08. The van der Waals surface area contributed by atoms with E-state index in [1.165, 1.54) is 12.1 Å². The second-order valence-corrected chi connectivity index (χ2v) is 5.17. The van der Waals surface area contributed by atoms with Gasteiger partial charge in [-0.15, -0.1) is 0 Å². The summed E-state index contributed by atoms with van der Waals surface area (Å²) in [5, 5.41) is 0. The van der Waals surface area contributed by atoms with E-state index in [1.807, 2.05) is 0 Å². The molecule has 1 heterocycles. The Morgan fingerprint density at radius 3 is 2.67 bits per heavy atom. The first kappa shape index (κ1) is 12.5. The molecular formula is C13H14FNO3. The van der Waals surface area contributed by atoms with E-state index in [9.17, 15) is 14.0 Å². The fourth-order valence-electron chi connectivity index (χ4n) is 1.74. The minimum atomic E-state index is -0.705. The maximum atomic E-state index is 13.0. The summed E-state index contributed by atoms with van der Waals surface area (Å²) in [4.78, 5) is 24.7. The van der Waals surface area contributed by atoms with Gasteiger partial charge >= 0.3 is 6.09 Å². The Labute approximate surface area is 104 Å². The molecule has 0 bridgehead atoms. The Morgan fingerprint density at radius 1 is 1.39 bits per heavy atom. The molecule has 0 saturated carbocycles. The van der Waals surface area contributed by atoms with Crippen molar-refractivity contribution in [2.75, 3.05) is 0 Å². The predicted octanol–water partition coefficient (Wildman–Crippen LogP) is 2.72. The smallest absolute Gasteiger partial charge is 0.417 e. The van der Waals surface area contributed by atoms with Crippen molar-refractivity contribution in [1.82, 2.24) is 4.90 Å². The number of amides is 2. The van der Waals surface area contributed by atoms with Crippen LogP contribution in [0.25, 0.3) is 0 Å². The molecule has 0 aromatic heterocycles. The molecule has 4 nitrogen and oxygen atoms in total. The molecule has 1 aliphatic heterocycles. The molecule has 2 amide bonds. The lowest BCUT2D eigenvalue weighted by Crippen LogP contribution is -2.36. The van der Waals surface area contributed by atoms with Gasteiger partial charge in [-0.1, -0.05) is 6.07 Å². The van der Waals surface area contributed by atoms with E-state index in [-0.39, 0.29) is 12.1 Å². The molecule has 96 valence electrons. The van der Waals surface area contributed by atoms with E-state index < -0.39 is 23.4 Å². The lowest BCUT2D eigenvalue weighted by atomic mass is 10.1. The van der Waals surface area contributed by atoms with Crippen molar-refractivity contribution in [2.24, 2.45) is 0 Å². The molecule has 5 heteroatoms. The molecule has 0 fully saturated rings. The summed E-state index contributed by atoms with van der Waals surface area (Å²) < 4.78 is 18.2. The van der Waals surface area contributed by atoms with Crippen LogP contribution in [0.5, 0.6) is 0 Å². The first-order valence-corrected chi connectivity index (χ1v) is 5.61. The standard InChI is InChI=1S/C13H14FNO3/c1-13(2,3)18-12(17)15-7-8-4-5-9(14)6-10(8)11(15)16/h4-6H,7H2,1-3H3. The molecule has 0 atom stereocenters. The van der Waals surface area contributed by atoms with Crippen molar-refractivity contribution in [3.05, 3.63) is 35.1 Å². The van der Waals surface area contributed by atoms with E-state index in [4.69, 9.17) is 4.74 Å². The first-order valence-electron chi connectivity index (χ1n) is 5.61. The molecule has 0 spiro atoms. The average Bonchev–Trinajstić information content (AvgIpc) is 2.54. The average molecular weight is 251 g/mol. The van der Waals surface area contributed by atoms with Gasteiger partial charge in [0.25, 0.3) is 5.91 Å². The van der Waals surface area contributed by atoms with Crippen molar-refractivity contribution in [3.63, 3.8) is 0 Å². The van der Waals surface area contributed by atoms with Crippen LogP contribution in [0, 0.1) is 5.82 Å². The fraction of sp³-hybridized carbons (Fsp3) is 0.385. The summed E-state index contributed by atoms with van der Waals surface area (Å²) in [5.41, 5.74) is 0.185. The number of imide groups is 1. The van der Waals surface area contributed by atoms with Gasteiger partial charge in [-0.3, -0.25) is 4.79 Å². The van der Waals surface area contributed by atoms with Crippen molar-refractivity contribution in [3.8, 4) is 0 Å². The van der Waals surface area contributed by atoms with Gasteiger partial charge in [0, 0.05) is 5.56 Å². The number of halogens is 1. The Morgan fingerprint density at radius 2 is 2.06 bits per heavy atom. The predicted molar refractivity (Wildman–Crippen MR) is 62.5 cm³/mol. The van der Waals surface area contributed by atoms with E-state index >= 15 is 0 Å². The van der Waals surface area contributed by atoms with Crippen LogP contribution in [0.2, 0.25) is 0 Å². The highest BCUT2D eigenvalue weighted by Crippen LogP contribution is 2.25. The summed E-state index contributed by atoms with van der Waals surface area (Å²) in [5.74, 6) is -1.01. The van der Waals surface area contributed by atoms with Gasteiger partial charge in [-0.25, -0.2) is 14.1 Å². The van der Waals surface area contributed by atoms with Gasteiger partial charge in [0.1, 0.15) is 11.4 Å². The van der Waals surface area contributed by atoms with Crippen LogP contribution in [0.1, 0.15) is 36.7 Å². The molecule has 1 aliphatic rings. The number of fused-ring (bicyclic) bond motifs is 1. The van der Waals surface area contributed by atoms with Crippen molar-refractivity contribution >= 4 is 12.0 Å². The highest BCUT2D eigenvalue weighted by atomic mass is 19.1. The van der Waals surface area contributed by atoms with Crippen molar-refractivity contribution in [1.29, 1.82) is 0 Å². The van der Waals surface area contributed by atoms with Crippen LogP contribution in [0.3, 0.4) is 0 Å². The third-order valence-corrected chi connectivity index (χ3v) is 2.49. The van der Waals surface area contributed by atoms with E-state index in [0.29, 0.717) is 5.56 Å². The molecule has 0 aliphatic carbocycles. The van der Waals surface area contributed by atoms with Gasteiger partial charge in [0.05, 0.1) is 6.54 Å². The molecule has 2 rings (SSSR count). The molecule has 1 aromatic carbocycles. The van der Waals surface area contributed by atoms with Crippen LogP contribution in [-0.4, -0.2) is 22.5 Å². The number of ether oxygens (including phenoxy) is 1. The molecule has 0 saturated heterocycles. The number of nitrogens with zero attached hydrogens (tertiary/aromatic N) is 1. The zero-order chi connectivity index (χ0) is 13.5. The number of hydrogen-bond acceptors (Lipinski definition) is 3. The normalized spacial score (nSPS) is 14.7. The van der Waals surface area contributed by atoms with Crippen LogP contribution in [-0.2, 0) is 11.3 Å². The summed E-state index contributed by atoms with van der Waals surface area (Å²) in [6.45, 7) is 5.29. The Balaban J connectivity index is 2.21. The summed E-state index contributed by atoms with van der Waals surface area (Å²) in [6.07, 6.45) is -0.705. The van der Waals surface area contributed by atoms with E-state index in [2.05, 4.69) is 0 Å². The maximum Gasteiger partial charge on any atom is 0.417 e. The zero-order valence-electron chi connectivity index (χ0n) is 10.5. The number of hydrogen-bond donors (Lipinski definition) is 0. The summed E-state index contributed by atoms with van der Waals surface area (Å²) >= 11 is 0. The Kier molecular flexibility index (Phi) is 2.84. The largest absolute Gasteiger partial charge is 0.443 e. The number of carbonyl (C=O) groups excluding carboxylic acids is 2. The molecule has 18 heavy (non-hydrogen) atoms. The first-order chi connectivity index (χ1) is 8.28. The molecule has 1 aromatic rings. The Hall–Kier alpha value is -1.91. The second-order valence-electron chi connectivity index (χ2n) is 5.17. The van der Waals surface area contributed by atoms with Crippen LogP contribution in [0.15, 0.2) is 18.2 Å². The molecule has 0 unspecified atom stereocenters. The van der Waals surface area contributed by atoms with Gasteiger partial charge in [-0.05, 0) is 38.5 Å². The third-order valence-electron chi connectivity index (χ3n) is 2.49. The topological polar surface area (TPSA) is 46.6 Å². The van der Waals surface area contributed by atoms with E-state index in [0.717, 1.165) is 11.0 Å². The molecule has 0 radical (unpaired) electrons. The lowest BCUT2D eigenvalue weighted by Gasteiger charge is -2.23. The van der Waals surface area contributed by atoms with Gasteiger partial charge in [0.15, 0.2) is 0 Å². The van der Waals surface area contributed by atoms with Crippen LogP contribution < -0.4 is 0 Å². The SMILES string of the molecule is CC(C)(C)OC(=O)N1Cc2ccc(F)cc2C1=O. The van der Waals surface area contributed by atoms with Crippen LogP contribution in [0.4, 0.5) is 9.18 Å². The highest BCUT2D eigenvalue weighted by molar-refractivity contribution is 6.06. The maximum absolute atomic E-state index is 13.0. The zero-order valence-corrected chi connectivity index (χ0v) is 10.5. The Bertz CT molecular complexity index is 519. The van der Waals surface area contributed by atoms with Gasteiger partial charge in [-0.2, -0.15) is 0 Å².